The van der Waals surface area contributed by atoms with Crippen LogP contribution >= 0.6 is 11.6 Å². The third kappa shape index (κ3) is 3.68. The van der Waals surface area contributed by atoms with Crippen LogP contribution in [-0.2, 0) is 4.74 Å². The van der Waals surface area contributed by atoms with E-state index in [9.17, 15) is 14.9 Å². The van der Waals surface area contributed by atoms with Crippen LogP contribution in [0.4, 0.5) is 5.69 Å². The second-order valence-corrected chi connectivity index (χ2v) is 6.17. The number of aromatic nitrogens is 2. The minimum atomic E-state index is -0.537. The Balaban J connectivity index is 2.23. The molecule has 0 saturated carbocycles. The topological polar surface area (TPSA) is 87.3 Å². The maximum absolute atomic E-state index is 12.6. The maximum atomic E-state index is 12.6. The van der Waals surface area contributed by atoms with Gasteiger partial charge in [0.1, 0.15) is 11.3 Å². The van der Waals surface area contributed by atoms with Gasteiger partial charge >= 0.3 is 5.97 Å². The van der Waals surface area contributed by atoms with Gasteiger partial charge in [-0.25, -0.2) is 9.48 Å². The zero-order chi connectivity index (χ0) is 19.6. The molecule has 0 aliphatic heterocycles. The molecule has 0 bridgehead atoms. The Morgan fingerprint density at radius 3 is 2.67 bits per heavy atom. The van der Waals surface area contributed by atoms with E-state index in [1.807, 2.05) is 0 Å². The second kappa shape index (κ2) is 7.59. The number of benzene rings is 2. The summed E-state index contributed by atoms with van der Waals surface area (Å²) in [6.07, 6.45) is 0. The van der Waals surface area contributed by atoms with Crippen LogP contribution in [0.1, 0.15) is 23.0 Å². The molecular weight excluding hydrogens is 370 g/mol. The number of esters is 1. The van der Waals surface area contributed by atoms with Crippen molar-refractivity contribution in [2.75, 3.05) is 6.61 Å². The van der Waals surface area contributed by atoms with Crippen molar-refractivity contribution in [3.63, 3.8) is 0 Å². The molecule has 2 aromatic carbocycles. The maximum Gasteiger partial charge on any atom is 0.342 e. The normalized spacial score (nSPS) is 10.6. The molecule has 0 N–H and O–H groups in total. The predicted molar refractivity (Wildman–Crippen MR) is 101 cm³/mol. The minimum Gasteiger partial charge on any atom is -0.462 e. The van der Waals surface area contributed by atoms with E-state index < -0.39 is 10.9 Å². The van der Waals surface area contributed by atoms with E-state index in [-0.39, 0.29) is 17.9 Å². The van der Waals surface area contributed by atoms with Gasteiger partial charge in [0.2, 0.25) is 0 Å². The first-order valence-electron chi connectivity index (χ1n) is 8.20. The highest BCUT2D eigenvalue weighted by Crippen LogP contribution is 2.30. The Hall–Kier alpha value is -3.19. The summed E-state index contributed by atoms with van der Waals surface area (Å²) in [6.45, 7) is 3.65. The van der Waals surface area contributed by atoms with Crippen molar-refractivity contribution in [1.82, 2.24) is 9.78 Å². The van der Waals surface area contributed by atoms with Crippen LogP contribution in [0.5, 0.6) is 0 Å². The quantitative estimate of drug-likeness (QED) is 0.364. The number of rotatable bonds is 5. The number of carbonyl (C=O) groups is 1. The largest absolute Gasteiger partial charge is 0.462 e. The van der Waals surface area contributed by atoms with Crippen LogP contribution in [0.25, 0.3) is 16.9 Å². The third-order valence-electron chi connectivity index (χ3n) is 3.98. The zero-order valence-electron chi connectivity index (χ0n) is 14.7. The van der Waals surface area contributed by atoms with E-state index in [0.717, 1.165) is 0 Å². The molecule has 0 amide bonds. The standard InChI is InChI=1S/C19H16ClN3O4/c1-3-27-19(24)17-12(2)22(15-8-5-7-14(20)11-15)21-18(17)13-6-4-9-16(10-13)23(25)26/h4-11H,3H2,1-2H3. The number of nitrogens with zero attached hydrogens (tertiary/aromatic N) is 3. The summed E-state index contributed by atoms with van der Waals surface area (Å²) in [5.41, 5.74) is 2.17. The van der Waals surface area contributed by atoms with Crippen molar-refractivity contribution in [1.29, 1.82) is 0 Å². The van der Waals surface area contributed by atoms with E-state index in [2.05, 4.69) is 5.10 Å². The molecule has 1 heterocycles. The van der Waals surface area contributed by atoms with Gasteiger partial charge in [0.05, 0.1) is 22.9 Å². The fraction of sp³-hybridized carbons (Fsp3) is 0.158. The van der Waals surface area contributed by atoms with Crippen LogP contribution < -0.4 is 0 Å². The Morgan fingerprint density at radius 1 is 1.26 bits per heavy atom. The van der Waals surface area contributed by atoms with Gasteiger partial charge in [0, 0.05) is 22.7 Å². The van der Waals surface area contributed by atoms with E-state index in [4.69, 9.17) is 16.3 Å². The van der Waals surface area contributed by atoms with Gasteiger partial charge in [-0.2, -0.15) is 5.10 Å². The summed E-state index contributed by atoms with van der Waals surface area (Å²) in [5, 5.41) is 16.2. The summed E-state index contributed by atoms with van der Waals surface area (Å²) in [4.78, 5) is 23.2. The van der Waals surface area contributed by atoms with Gasteiger partial charge < -0.3 is 4.74 Å². The highest BCUT2D eigenvalue weighted by molar-refractivity contribution is 6.30. The van der Waals surface area contributed by atoms with Gasteiger partial charge in [-0.05, 0) is 32.0 Å². The highest BCUT2D eigenvalue weighted by atomic mass is 35.5. The van der Waals surface area contributed by atoms with E-state index in [0.29, 0.717) is 27.7 Å². The lowest BCUT2D eigenvalue weighted by Gasteiger charge is -2.05. The SMILES string of the molecule is CCOC(=O)c1c(-c2cccc([N+](=O)[O-])c2)nn(-c2cccc(Cl)c2)c1C. The molecule has 0 spiro atoms. The molecule has 7 nitrogen and oxygen atoms in total. The number of hydrogen-bond donors (Lipinski definition) is 0. The molecule has 138 valence electrons. The fourth-order valence-electron chi connectivity index (χ4n) is 2.78. The van der Waals surface area contributed by atoms with Gasteiger partial charge in [-0.1, -0.05) is 29.8 Å². The average molecular weight is 386 g/mol. The summed E-state index contributed by atoms with van der Waals surface area (Å²) in [7, 11) is 0. The van der Waals surface area contributed by atoms with Crippen LogP contribution in [-0.4, -0.2) is 27.3 Å². The number of nitro benzene ring substituents is 1. The molecule has 0 unspecified atom stereocenters. The minimum absolute atomic E-state index is 0.0859. The molecule has 0 aliphatic rings. The molecule has 0 radical (unpaired) electrons. The molecule has 3 aromatic rings. The van der Waals surface area contributed by atoms with E-state index in [1.54, 1.807) is 54.9 Å². The zero-order valence-corrected chi connectivity index (χ0v) is 15.4. The van der Waals surface area contributed by atoms with Crippen LogP contribution in [0.15, 0.2) is 48.5 Å². The molecule has 0 aliphatic carbocycles. The lowest BCUT2D eigenvalue weighted by molar-refractivity contribution is -0.384. The molecule has 8 heteroatoms. The molecule has 0 saturated heterocycles. The molecule has 0 atom stereocenters. The lowest BCUT2D eigenvalue weighted by Crippen LogP contribution is -2.08. The van der Waals surface area contributed by atoms with E-state index >= 15 is 0 Å². The lowest BCUT2D eigenvalue weighted by atomic mass is 10.1. The van der Waals surface area contributed by atoms with Gasteiger partial charge in [0.25, 0.3) is 5.69 Å². The monoisotopic (exact) mass is 385 g/mol. The van der Waals surface area contributed by atoms with Crippen LogP contribution in [0.2, 0.25) is 5.02 Å². The molecular formula is C19H16ClN3O4. The third-order valence-corrected chi connectivity index (χ3v) is 4.21. The first-order chi connectivity index (χ1) is 12.9. The second-order valence-electron chi connectivity index (χ2n) is 5.73. The number of carbonyl (C=O) groups excluding carboxylic acids is 1. The Morgan fingerprint density at radius 2 is 2.00 bits per heavy atom. The summed E-state index contributed by atoms with van der Waals surface area (Å²) < 4.78 is 6.75. The smallest absolute Gasteiger partial charge is 0.342 e. The van der Waals surface area contributed by atoms with Gasteiger partial charge in [-0.15, -0.1) is 0 Å². The van der Waals surface area contributed by atoms with Crippen molar-refractivity contribution < 1.29 is 14.5 Å². The summed E-state index contributed by atoms with van der Waals surface area (Å²) in [6, 6.07) is 13.0. The van der Waals surface area contributed by atoms with Crippen molar-refractivity contribution in [2.45, 2.75) is 13.8 Å². The first kappa shape index (κ1) is 18.6. The Kier molecular flexibility index (Phi) is 5.23. The molecule has 1 aromatic heterocycles. The van der Waals surface area contributed by atoms with Crippen molar-refractivity contribution in [3.05, 3.63) is 74.9 Å². The van der Waals surface area contributed by atoms with Crippen molar-refractivity contribution in [2.24, 2.45) is 0 Å². The molecule has 3 rings (SSSR count). The molecule has 0 fully saturated rings. The number of hydrogen-bond acceptors (Lipinski definition) is 5. The van der Waals surface area contributed by atoms with Crippen LogP contribution in [0, 0.1) is 17.0 Å². The van der Waals surface area contributed by atoms with Crippen molar-refractivity contribution >= 4 is 23.3 Å². The number of nitro groups is 1. The van der Waals surface area contributed by atoms with E-state index in [1.165, 1.54) is 12.1 Å². The highest BCUT2D eigenvalue weighted by Gasteiger charge is 2.25. The Bertz CT molecular complexity index is 1030. The summed E-state index contributed by atoms with van der Waals surface area (Å²) in [5.74, 6) is -0.537. The van der Waals surface area contributed by atoms with Crippen LogP contribution in [0.3, 0.4) is 0 Å². The predicted octanol–water partition coefficient (Wildman–Crippen LogP) is 4.59. The average Bonchev–Trinajstić information content (AvgIpc) is 2.99. The first-order valence-corrected chi connectivity index (χ1v) is 8.57. The Labute approximate surface area is 160 Å². The fourth-order valence-corrected chi connectivity index (χ4v) is 2.96. The number of non-ortho nitro benzene ring substituents is 1. The molecule has 27 heavy (non-hydrogen) atoms. The van der Waals surface area contributed by atoms with Gasteiger partial charge in [0.15, 0.2) is 0 Å². The van der Waals surface area contributed by atoms with Crippen molar-refractivity contribution in [3.8, 4) is 16.9 Å². The van der Waals surface area contributed by atoms with Gasteiger partial charge in [-0.3, -0.25) is 10.1 Å². The number of ether oxygens (including phenoxy) is 1. The summed E-state index contributed by atoms with van der Waals surface area (Å²) >= 11 is 6.07. The number of halogens is 1.